The summed E-state index contributed by atoms with van der Waals surface area (Å²) < 4.78 is 27.9. The van der Waals surface area contributed by atoms with E-state index < -0.39 is 15.9 Å². The van der Waals surface area contributed by atoms with Gasteiger partial charge in [-0.15, -0.1) is 0 Å². The van der Waals surface area contributed by atoms with Crippen LogP contribution in [0.1, 0.15) is 15.9 Å². The summed E-state index contributed by atoms with van der Waals surface area (Å²) in [7, 11) is -3.99. The molecule has 0 saturated heterocycles. The molecule has 3 aromatic rings. The Morgan fingerprint density at radius 1 is 0.966 bits per heavy atom. The quantitative estimate of drug-likeness (QED) is 0.473. The van der Waals surface area contributed by atoms with Gasteiger partial charge >= 0.3 is 0 Å². The molecule has 0 radical (unpaired) electrons. The molecule has 3 rings (SSSR count). The van der Waals surface area contributed by atoms with Gasteiger partial charge in [-0.3, -0.25) is 9.52 Å². The zero-order valence-corrected chi connectivity index (χ0v) is 17.4. The normalized spacial score (nSPS) is 11.1. The summed E-state index contributed by atoms with van der Waals surface area (Å²) in [6.45, 7) is 1.80. The van der Waals surface area contributed by atoms with Gasteiger partial charge in [-0.05, 0) is 55.0 Å². The average molecular weight is 451 g/mol. The van der Waals surface area contributed by atoms with E-state index in [1.54, 1.807) is 31.2 Å². The topological polar surface area (TPSA) is 95.5 Å². The first-order chi connectivity index (χ1) is 13.7. The molecule has 6 nitrogen and oxygen atoms in total. The summed E-state index contributed by atoms with van der Waals surface area (Å²) in [4.78, 5) is 12.4. The molecule has 29 heavy (non-hydrogen) atoms. The average Bonchev–Trinajstić information content (AvgIpc) is 2.66. The van der Waals surface area contributed by atoms with Crippen molar-refractivity contribution in [1.29, 1.82) is 0 Å². The maximum absolute atomic E-state index is 12.7. The third kappa shape index (κ3) is 4.82. The van der Waals surface area contributed by atoms with Crippen LogP contribution in [0.2, 0.25) is 10.0 Å². The van der Waals surface area contributed by atoms with Crippen molar-refractivity contribution < 1.29 is 18.3 Å². The number of carbonyl (C=O) groups is 1. The Kier molecular flexibility index (Phi) is 6.02. The molecule has 0 aliphatic heterocycles. The molecule has 0 bridgehead atoms. The molecule has 0 aliphatic carbocycles. The number of rotatable bonds is 5. The van der Waals surface area contributed by atoms with Crippen molar-refractivity contribution in [2.45, 2.75) is 11.8 Å². The first-order valence-electron chi connectivity index (χ1n) is 8.35. The summed E-state index contributed by atoms with van der Waals surface area (Å²) in [6.07, 6.45) is 0. The van der Waals surface area contributed by atoms with Gasteiger partial charge in [0.15, 0.2) is 0 Å². The van der Waals surface area contributed by atoms with Crippen LogP contribution in [0.3, 0.4) is 0 Å². The predicted molar refractivity (Wildman–Crippen MR) is 115 cm³/mol. The van der Waals surface area contributed by atoms with E-state index in [0.29, 0.717) is 5.02 Å². The smallest absolute Gasteiger partial charge is 0.261 e. The highest BCUT2D eigenvalue weighted by Crippen LogP contribution is 2.27. The highest BCUT2D eigenvalue weighted by molar-refractivity contribution is 7.92. The fourth-order valence-electron chi connectivity index (χ4n) is 2.48. The van der Waals surface area contributed by atoms with Crippen LogP contribution in [0.25, 0.3) is 0 Å². The molecule has 0 spiro atoms. The Morgan fingerprint density at radius 2 is 1.69 bits per heavy atom. The Labute approximate surface area is 178 Å². The number of benzene rings is 3. The van der Waals surface area contributed by atoms with Crippen molar-refractivity contribution in [3.63, 3.8) is 0 Å². The van der Waals surface area contributed by atoms with Gasteiger partial charge in [0.25, 0.3) is 15.9 Å². The number of para-hydroxylation sites is 2. The molecule has 0 unspecified atom stereocenters. The first-order valence-corrected chi connectivity index (χ1v) is 10.6. The number of aromatic hydroxyl groups is 1. The van der Waals surface area contributed by atoms with E-state index in [-0.39, 0.29) is 32.6 Å². The van der Waals surface area contributed by atoms with E-state index in [4.69, 9.17) is 23.2 Å². The van der Waals surface area contributed by atoms with Gasteiger partial charge in [-0.1, -0.05) is 41.4 Å². The lowest BCUT2D eigenvalue weighted by atomic mass is 10.2. The second-order valence-electron chi connectivity index (χ2n) is 6.18. The lowest BCUT2D eigenvalue weighted by Crippen LogP contribution is -2.16. The largest absolute Gasteiger partial charge is 0.506 e. The van der Waals surface area contributed by atoms with Crippen LogP contribution in [0, 0.1) is 6.92 Å². The molecule has 0 saturated carbocycles. The summed E-state index contributed by atoms with van der Waals surface area (Å²) in [6, 6.07) is 14.7. The SMILES string of the molecule is Cc1ccc(NS(=O)(=O)c2ccc(Cl)c(C(=O)Nc3ccccc3O)c2)cc1Cl. The number of aryl methyl sites for hydroxylation is 1. The molecule has 3 N–H and O–H groups in total. The zero-order valence-electron chi connectivity index (χ0n) is 15.1. The molecular formula is C20H16Cl2N2O4S. The summed E-state index contributed by atoms with van der Waals surface area (Å²) in [5.41, 5.74) is 1.22. The van der Waals surface area contributed by atoms with Crippen LogP contribution in [0.15, 0.2) is 65.6 Å². The van der Waals surface area contributed by atoms with Crippen molar-refractivity contribution >= 4 is 50.5 Å². The first kappa shape index (κ1) is 21.0. The van der Waals surface area contributed by atoms with E-state index in [1.165, 1.54) is 30.3 Å². The Bertz CT molecular complexity index is 1200. The van der Waals surface area contributed by atoms with Crippen LogP contribution in [-0.4, -0.2) is 19.4 Å². The molecule has 0 heterocycles. The molecule has 9 heteroatoms. The minimum absolute atomic E-state index is 0.0558. The highest BCUT2D eigenvalue weighted by Gasteiger charge is 2.20. The third-order valence-corrected chi connectivity index (χ3v) is 6.18. The molecule has 0 atom stereocenters. The monoisotopic (exact) mass is 450 g/mol. The third-order valence-electron chi connectivity index (χ3n) is 4.07. The minimum Gasteiger partial charge on any atom is -0.506 e. The van der Waals surface area contributed by atoms with Gasteiger partial charge in [0.05, 0.1) is 26.9 Å². The summed E-state index contributed by atoms with van der Waals surface area (Å²) >= 11 is 12.1. The number of sulfonamides is 1. The van der Waals surface area contributed by atoms with E-state index in [9.17, 15) is 18.3 Å². The zero-order chi connectivity index (χ0) is 21.2. The van der Waals surface area contributed by atoms with Crippen molar-refractivity contribution in [2.75, 3.05) is 10.0 Å². The van der Waals surface area contributed by atoms with Gasteiger partial charge in [-0.2, -0.15) is 0 Å². The number of phenolic OH excluding ortho intramolecular Hbond substituents is 1. The summed E-state index contributed by atoms with van der Waals surface area (Å²) in [5.74, 6) is -0.786. The van der Waals surface area contributed by atoms with Gasteiger partial charge in [0.2, 0.25) is 0 Å². The van der Waals surface area contributed by atoms with Crippen LogP contribution in [-0.2, 0) is 10.0 Å². The number of nitrogens with one attached hydrogen (secondary N) is 2. The maximum atomic E-state index is 12.7. The standard InChI is InChI=1S/C20H16Cl2N2O4S/c1-12-6-7-13(10-17(12)22)24-29(27,28)14-8-9-16(21)15(11-14)20(26)23-18-4-2-3-5-19(18)25/h2-11,24-25H,1H3,(H,23,26). The second-order valence-corrected chi connectivity index (χ2v) is 8.68. The van der Waals surface area contributed by atoms with Crippen LogP contribution >= 0.6 is 23.2 Å². The number of hydrogen-bond donors (Lipinski definition) is 3. The van der Waals surface area contributed by atoms with Gasteiger partial charge in [0.1, 0.15) is 5.75 Å². The Morgan fingerprint density at radius 3 is 2.38 bits per heavy atom. The lowest BCUT2D eigenvalue weighted by molar-refractivity contribution is 0.102. The molecule has 0 aliphatic rings. The number of carbonyl (C=O) groups excluding carboxylic acids is 1. The lowest BCUT2D eigenvalue weighted by Gasteiger charge is -2.12. The number of phenols is 1. The molecule has 150 valence electrons. The fourth-order valence-corrected chi connectivity index (χ4v) is 3.94. The number of hydrogen-bond acceptors (Lipinski definition) is 4. The molecular weight excluding hydrogens is 435 g/mol. The summed E-state index contributed by atoms with van der Waals surface area (Å²) in [5, 5.41) is 12.8. The number of halogens is 2. The van der Waals surface area contributed by atoms with Crippen LogP contribution in [0.4, 0.5) is 11.4 Å². The van der Waals surface area contributed by atoms with Crippen molar-refractivity contribution in [2.24, 2.45) is 0 Å². The van der Waals surface area contributed by atoms with E-state index >= 15 is 0 Å². The van der Waals surface area contributed by atoms with Gasteiger partial charge in [0, 0.05) is 5.02 Å². The van der Waals surface area contributed by atoms with E-state index in [2.05, 4.69) is 10.0 Å². The molecule has 0 aromatic heterocycles. The minimum atomic E-state index is -3.99. The maximum Gasteiger partial charge on any atom is 0.261 e. The Balaban J connectivity index is 1.90. The van der Waals surface area contributed by atoms with Crippen molar-refractivity contribution in [3.8, 4) is 5.75 Å². The van der Waals surface area contributed by atoms with Gasteiger partial charge in [-0.25, -0.2) is 8.42 Å². The highest BCUT2D eigenvalue weighted by atomic mass is 35.5. The Hall–Kier alpha value is -2.74. The predicted octanol–water partition coefficient (Wildman–Crippen LogP) is 5.06. The second kappa shape index (κ2) is 8.32. The number of anilines is 2. The van der Waals surface area contributed by atoms with Crippen molar-refractivity contribution in [3.05, 3.63) is 81.8 Å². The fraction of sp³-hybridized carbons (Fsp3) is 0.0500. The van der Waals surface area contributed by atoms with E-state index in [1.807, 2.05) is 0 Å². The van der Waals surface area contributed by atoms with Crippen molar-refractivity contribution in [1.82, 2.24) is 0 Å². The molecule has 3 aromatic carbocycles. The number of amides is 1. The molecule has 0 fully saturated rings. The van der Waals surface area contributed by atoms with Crippen LogP contribution in [0.5, 0.6) is 5.75 Å². The van der Waals surface area contributed by atoms with Gasteiger partial charge < -0.3 is 10.4 Å². The van der Waals surface area contributed by atoms with Crippen LogP contribution < -0.4 is 10.0 Å². The van der Waals surface area contributed by atoms with E-state index in [0.717, 1.165) is 11.6 Å². The molecule has 1 amide bonds.